The molecule has 0 spiro atoms. The predicted octanol–water partition coefficient (Wildman–Crippen LogP) is 4.18. The first-order valence-electron chi connectivity index (χ1n) is 10.9. The first kappa shape index (κ1) is 24.7. The molecule has 0 aliphatic carbocycles. The number of nitrogens with two attached hydrogens (primary N) is 1. The maximum absolute atomic E-state index is 14.1. The molecule has 2 N–H and O–H groups in total. The number of Topliss-reactive ketones (excluding diaryl/α,β-unsaturated/α-hetero) is 1. The first-order chi connectivity index (χ1) is 15.6. The molecule has 7 nitrogen and oxygen atoms in total. The molecule has 0 fully saturated rings. The molecule has 176 valence electrons. The summed E-state index contributed by atoms with van der Waals surface area (Å²) >= 11 is 1.33. The number of nitrogens with zero attached hydrogens (tertiary/aromatic N) is 4. The van der Waals surface area contributed by atoms with Gasteiger partial charge in [0.25, 0.3) is 0 Å². The van der Waals surface area contributed by atoms with Crippen molar-refractivity contribution in [2.45, 2.75) is 59.2 Å². The fraction of sp³-hybridized carbons (Fsp3) is 0.417. The monoisotopic (exact) mass is 471 g/mol. The zero-order valence-electron chi connectivity index (χ0n) is 19.7. The maximum atomic E-state index is 14.1. The Labute approximate surface area is 197 Å². The fourth-order valence-electron chi connectivity index (χ4n) is 3.77. The van der Waals surface area contributed by atoms with Crippen LogP contribution in [0.2, 0.25) is 0 Å². The quantitative estimate of drug-likeness (QED) is 0.353. The van der Waals surface area contributed by atoms with Crippen LogP contribution in [0.4, 0.5) is 4.39 Å². The average molecular weight is 472 g/mol. The number of carbonyl (C=O) groups is 2. The van der Waals surface area contributed by atoms with Crippen molar-refractivity contribution in [3.05, 3.63) is 58.4 Å². The first-order valence-corrected chi connectivity index (χ1v) is 11.9. The van der Waals surface area contributed by atoms with Gasteiger partial charge in [0, 0.05) is 42.0 Å². The van der Waals surface area contributed by atoms with E-state index in [1.54, 1.807) is 13.0 Å². The number of rotatable bonds is 10. The Balaban J connectivity index is 1.80. The van der Waals surface area contributed by atoms with Gasteiger partial charge in [0.15, 0.2) is 10.9 Å². The normalized spacial score (nSPS) is 11.4. The van der Waals surface area contributed by atoms with E-state index in [1.165, 1.54) is 17.8 Å². The second-order valence-electron chi connectivity index (χ2n) is 8.64. The summed E-state index contributed by atoms with van der Waals surface area (Å²) in [5.74, 6) is 0.528. The average Bonchev–Trinajstić information content (AvgIpc) is 3.26. The number of hydrogen-bond acceptors (Lipinski definition) is 5. The van der Waals surface area contributed by atoms with E-state index in [0.717, 1.165) is 11.4 Å². The molecule has 2 aromatic heterocycles. The smallest absolute Gasteiger partial charge is 0.217 e. The van der Waals surface area contributed by atoms with Crippen LogP contribution >= 0.6 is 11.8 Å². The van der Waals surface area contributed by atoms with E-state index < -0.39 is 0 Å². The fourth-order valence-corrected chi connectivity index (χ4v) is 4.62. The summed E-state index contributed by atoms with van der Waals surface area (Å²) in [6.45, 7) is 10.3. The Kier molecular flexibility index (Phi) is 7.73. The molecule has 0 saturated heterocycles. The van der Waals surface area contributed by atoms with Crippen molar-refractivity contribution < 1.29 is 14.0 Å². The number of benzene rings is 1. The molecule has 2 heterocycles. The summed E-state index contributed by atoms with van der Waals surface area (Å²) in [7, 11) is 0. The highest BCUT2D eigenvalue weighted by molar-refractivity contribution is 7.99. The molecule has 0 unspecified atom stereocenters. The van der Waals surface area contributed by atoms with Crippen LogP contribution < -0.4 is 5.73 Å². The van der Waals surface area contributed by atoms with E-state index in [4.69, 9.17) is 5.73 Å². The van der Waals surface area contributed by atoms with Crippen LogP contribution in [0, 0.1) is 32.5 Å². The molecule has 0 aliphatic rings. The van der Waals surface area contributed by atoms with Crippen LogP contribution in [-0.2, 0) is 17.8 Å². The van der Waals surface area contributed by atoms with Gasteiger partial charge in [-0.05, 0) is 50.5 Å². The standard InChI is InChI=1S/C24H30FN5O2S/c1-14(2)12-29-23(9-8-22(26)32)27-28-24(29)33-13-21(31)19-10-16(4)30(17(19)5)18-7-6-15(3)20(25)11-18/h6-7,10-11,14H,8-9,12-13H2,1-5H3,(H2,26,32). The lowest BCUT2D eigenvalue weighted by atomic mass is 10.2. The van der Waals surface area contributed by atoms with E-state index in [-0.39, 0.29) is 29.7 Å². The second-order valence-corrected chi connectivity index (χ2v) is 9.58. The van der Waals surface area contributed by atoms with Crippen LogP contribution in [0.25, 0.3) is 5.69 Å². The molecule has 0 aliphatic heterocycles. The Morgan fingerprint density at radius 2 is 1.88 bits per heavy atom. The third-order valence-electron chi connectivity index (χ3n) is 5.41. The number of halogens is 1. The number of ketones is 1. The molecular weight excluding hydrogens is 441 g/mol. The van der Waals surface area contributed by atoms with Crippen molar-refractivity contribution in [2.24, 2.45) is 11.7 Å². The van der Waals surface area contributed by atoms with Crippen molar-refractivity contribution in [1.29, 1.82) is 0 Å². The van der Waals surface area contributed by atoms with E-state index in [1.807, 2.05) is 35.1 Å². The van der Waals surface area contributed by atoms with Gasteiger partial charge in [-0.2, -0.15) is 0 Å². The highest BCUT2D eigenvalue weighted by atomic mass is 32.2. The van der Waals surface area contributed by atoms with Crippen LogP contribution in [-0.4, -0.2) is 36.8 Å². The summed E-state index contributed by atoms with van der Waals surface area (Å²) in [6, 6.07) is 6.91. The van der Waals surface area contributed by atoms with E-state index >= 15 is 0 Å². The van der Waals surface area contributed by atoms with Gasteiger partial charge in [-0.3, -0.25) is 9.59 Å². The molecule has 0 bridgehead atoms. The molecule has 0 atom stereocenters. The SMILES string of the molecule is Cc1ccc(-n2c(C)cc(C(=O)CSc3nnc(CCC(N)=O)n3CC(C)C)c2C)cc1F. The van der Waals surface area contributed by atoms with E-state index in [2.05, 4.69) is 24.0 Å². The van der Waals surface area contributed by atoms with Crippen molar-refractivity contribution in [2.75, 3.05) is 5.75 Å². The number of aromatic nitrogens is 4. The Bertz CT molecular complexity index is 1180. The van der Waals surface area contributed by atoms with Gasteiger partial charge in [-0.1, -0.05) is 31.7 Å². The van der Waals surface area contributed by atoms with Crippen LogP contribution in [0.5, 0.6) is 0 Å². The molecule has 1 aromatic carbocycles. The minimum atomic E-state index is -0.387. The molecule has 3 aromatic rings. The van der Waals surface area contributed by atoms with Gasteiger partial charge in [-0.15, -0.1) is 10.2 Å². The molecular formula is C24H30FN5O2S. The highest BCUT2D eigenvalue weighted by Gasteiger charge is 2.20. The Hall–Kier alpha value is -2.94. The Morgan fingerprint density at radius 1 is 1.15 bits per heavy atom. The summed E-state index contributed by atoms with van der Waals surface area (Å²) in [4.78, 5) is 24.3. The number of carbonyl (C=O) groups excluding carboxylic acids is 2. The van der Waals surface area contributed by atoms with E-state index in [0.29, 0.717) is 46.7 Å². The number of aryl methyl sites for hydroxylation is 3. The minimum absolute atomic E-state index is 0.0373. The third kappa shape index (κ3) is 5.71. The molecule has 0 saturated carbocycles. The zero-order chi connectivity index (χ0) is 24.3. The van der Waals surface area contributed by atoms with Crippen LogP contribution in [0.3, 0.4) is 0 Å². The molecule has 0 radical (unpaired) electrons. The van der Waals surface area contributed by atoms with Gasteiger partial charge in [0.05, 0.1) is 5.75 Å². The van der Waals surface area contributed by atoms with Crippen molar-refractivity contribution in [3.63, 3.8) is 0 Å². The van der Waals surface area contributed by atoms with Crippen LogP contribution in [0.15, 0.2) is 29.4 Å². The number of amides is 1. The predicted molar refractivity (Wildman–Crippen MR) is 127 cm³/mol. The van der Waals surface area contributed by atoms with Gasteiger partial charge < -0.3 is 14.9 Å². The van der Waals surface area contributed by atoms with Gasteiger partial charge >= 0.3 is 0 Å². The van der Waals surface area contributed by atoms with Crippen molar-refractivity contribution in [1.82, 2.24) is 19.3 Å². The molecule has 33 heavy (non-hydrogen) atoms. The summed E-state index contributed by atoms with van der Waals surface area (Å²) in [5, 5.41) is 9.11. The third-order valence-corrected chi connectivity index (χ3v) is 6.38. The van der Waals surface area contributed by atoms with Gasteiger partial charge in [0.2, 0.25) is 5.91 Å². The van der Waals surface area contributed by atoms with E-state index in [9.17, 15) is 14.0 Å². The van der Waals surface area contributed by atoms with Gasteiger partial charge in [0.1, 0.15) is 11.6 Å². The number of thioether (sulfide) groups is 1. The summed E-state index contributed by atoms with van der Waals surface area (Å²) in [5.41, 5.74) is 8.78. The minimum Gasteiger partial charge on any atom is -0.370 e. The maximum Gasteiger partial charge on any atom is 0.217 e. The largest absolute Gasteiger partial charge is 0.370 e. The lowest BCUT2D eigenvalue weighted by molar-refractivity contribution is -0.118. The highest BCUT2D eigenvalue weighted by Crippen LogP contribution is 2.26. The Morgan fingerprint density at radius 3 is 2.52 bits per heavy atom. The molecule has 1 amide bonds. The van der Waals surface area contributed by atoms with Crippen molar-refractivity contribution >= 4 is 23.5 Å². The molecule has 9 heteroatoms. The topological polar surface area (TPSA) is 95.8 Å². The van der Waals surface area contributed by atoms with Crippen molar-refractivity contribution in [3.8, 4) is 5.69 Å². The number of hydrogen-bond donors (Lipinski definition) is 1. The zero-order valence-corrected chi connectivity index (χ0v) is 20.5. The lowest BCUT2D eigenvalue weighted by Gasteiger charge is -2.12. The second kappa shape index (κ2) is 10.3. The summed E-state index contributed by atoms with van der Waals surface area (Å²) < 4.78 is 18.0. The number of primary amides is 1. The summed E-state index contributed by atoms with van der Waals surface area (Å²) in [6.07, 6.45) is 0.614. The lowest BCUT2D eigenvalue weighted by Crippen LogP contribution is -2.15. The van der Waals surface area contributed by atoms with Gasteiger partial charge in [-0.25, -0.2) is 4.39 Å². The van der Waals surface area contributed by atoms with Crippen LogP contribution in [0.1, 0.15) is 53.4 Å². The molecule has 3 rings (SSSR count).